The normalized spacial score (nSPS) is 20.1. The van der Waals surface area contributed by atoms with Gasteiger partial charge in [0, 0.05) is 6.54 Å². The van der Waals surface area contributed by atoms with Crippen molar-refractivity contribution in [2.24, 2.45) is 0 Å². The average molecular weight is 271 g/mol. The van der Waals surface area contributed by atoms with Crippen molar-refractivity contribution >= 4 is 0 Å². The molecule has 1 saturated heterocycles. The minimum atomic E-state index is 0.418. The third-order valence-electron chi connectivity index (χ3n) is 3.48. The SMILES string of the molecule is C1=C2CCNC(c3ccccc3)C2=CCC1.CC.CC. The van der Waals surface area contributed by atoms with E-state index in [0.29, 0.717) is 6.04 Å². The summed E-state index contributed by atoms with van der Waals surface area (Å²) in [5, 5.41) is 3.63. The van der Waals surface area contributed by atoms with Crippen molar-refractivity contribution < 1.29 is 0 Å². The molecular formula is C19H29N. The molecule has 1 aliphatic heterocycles. The lowest BCUT2D eigenvalue weighted by Gasteiger charge is -2.31. The van der Waals surface area contributed by atoms with Crippen LogP contribution < -0.4 is 5.32 Å². The Kier molecular flexibility index (Phi) is 7.98. The standard InChI is InChI=1S/C15H17N.2C2H6/c1-2-7-13(8-3-1)15-14-9-5-4-6-12(14)10-11-16-15;2*1-2/h1-3,6-9,15-16H,4-5,10-11H2;2*1-2H3. The van der Waals surface area contributed by atoms with E-state index in [4.69, 9.17) is 0 Å². The molecule has 1 heterocycles. The molecule has 0 amide bonds. The van der Waals surface area contributed by atoms with Gasteiger partial charge in [0.05, 0.1) is 6.04 Å². The first kappa shape index (κ1) is 16.7. The molecule has 0 aromatic heterocycles. The molecular weight excluding hydrogens is 242 g/mol. The lowest BCUT2D eigenvalue weighted by molar-refractivity contribution is 0.552. The predicted molar refractivity (Wildman–Crippen MR) is 89.9 cm³/mol. The molecule has 0 bridgehead atoms. The fourth-order valence-corrected chi connectivity index (χ4v) is 2.70. The Morgan fingerprint density at radius 2 is 1.55 bits per heavy atom. The number of hydrogen-bond donors (Lipinski definition) is 1. The minimum Gasteiger partial charge on any atom is -0.306 e. The number of fused-ring (bicyclic) bond motifs is 1. The van der Waals surface area contributed by atoms with Crippen LogP contribution in [0.1, 0.15) is 58.6 Å². The maximum atomic E-state index is 3.63. The second-order valence-electron chi connectivity index (χ2n) is 4.51. The van der Waals surface area contributed by atoms with E-state index in [1.54, 1.807) is 5.57 Å². The Balaban J connectivity index is 0.000000461. The maximum Gasteiger partial charge on any atom is 0.0576 e. The fourth-order valence-electron chi connectivity index (χ4n) is 2.70. The van der Waals surface area contributed by atoms with Crippen LogP contribution in [0.2, 0.25) is 0 Å². The van der Waals surface area contributed by atoms with Gasteiger partial charge in [0.15, 0.2) is 0 Å². The smallest absolute Gasteiger partial charge is 0.0576 e. The van der Waals surface area contributed by atoms with Crippen molar-refractivity contribution in [2.45, 2.75) is 53.0 Å². The van der Waals surface area contributed by atoms with E-state index in [1.165, 1.54) is 30.4 Å². The van der Waals surface area contributed by atoms with Crippen LogP contribution in [0.25, 0.3) is 0 Å². The van der Waals surface area contributed by atoms with Crippen LogP contribution in [-0.2, 0) is 0 Å². The summed E-state index contributed by atoms with van der Waals surface area (Å²) < 4.78 is 0. The Hall–Kier alpha value is -1.34. The van der Waals surface area contributed by atoms with Crippen molar-refractivity contribution in [1.82, 2.24) is 5.32 Å². The lowest BCUT2D eigenvalue weighted by Crippen LogP contribution is -2.30. The minimum absolute atomic E-state index is 0.418. The van der Waals surface area contributed by atoms with Gasteiger partial charge in [0.2, 0.25) is 0 Å². The highest BCUT2D eigenvalue weighted by molar-refractivity contribution is 5.44. The topological polar surface area (TPSA) is 12.0 Å². The first-order chi connectivity index (χ1) is 9.95. The molecule has 1 unspecified atom stereocenters. The van der Waals surface area contributed by atoms with E-state index in [0.717, 1.165) is 6.54 Å². The molecule has 1 aliphatic carbocycles. The van der Waals surface area contributed by atoms with E-state index in [-0.39, 0.29) is 0 Å². The number of allylic oxidation sites excluding steroid dienone is 2. The number of rotatable bonds is 1. The Labute approximate surface area is 124 Å². The number of hydrogen-bond acceptors (Lipinski definition) is 1. The predicted octanol–water partition coefficient (Wildman–Crippen LogP) is 5.42. The third-order valence-corrected chi connectivity index (χ3v) is 3.48. The van der Waals surface area contributed by atoms with Gasteiger partial charge in [-0.3, -0.25) is 0 Å². The second kappa shape index (κ2) is 9.55. The van der Waals surface area contributed by atoms with Crippen LogP contribution in [0.15, 0.2) is 53.6 Å². The molecule has 2 aliphatic rings. The van der Waals surface area contributed by atoms with E-state index in [2.05, 4.69) is 47.8 Å². The van der Waals surface area contributed by atoms with Gasteiger partial charge in [0.1, 0.15) is 0 Å². The van der Waals surface area contributed by atoms with Crippen molar-refractivity contribution in [3.63, 3.8) is 0 Å². The molecule has 110 valence electrons. The summed E-state index contributed by atoms with van der Waals surface area (Å²) in [6, 6.07) is 11.2. The average Bonchev–Trinajstić information content (AvgIpc) is 2.59. The van der Waals surface area contributed by atoms with Gasteiger partial charge in [0.25, 0.3) is 0 Å². The first-order valence-electron chi connectivity index (χ1n) is 8.13. The summed E-state index contributed by atoms with van der Waals surface area (Å²) in [5.41, 5.74) is 4.48. The number of piperidine rings is 1. The summed E-state index contributed by atoms with van der Waals surface area (Å²) in [4.78, 5) is 0. The van der Waals surface area contributed by atoms with Gasteiger partial charge in [-0.1, -0.05) is 70.2 Å². The van der Waals surface area contributed by atoms with Crippen LogP contribution in [0, 0.1) is 0 Å². The molecule has 0 radical (unpaired) electrons. The van der Waals surface area contributed by atoms with Gasteiger partial charge in [-0.05, 0) is 36.0 Å². The summed E-state index contributed by atoms with van der Waals surface area (Å²) in [7, 11) is 0. The van der Waals surface area contributed by atoms with E-state index < -0.39 is 0 Å². The molecule has 1 N–H and O–H groups in total. The first-order valence-corrected chi connectivity index (χ1v) is 8.13. The number of benzene rings is 1. The molecule has 1 aromatic rings. The summed E-state index contributed by atoms with van der Waals surface area (Å²) in [5.74, 6) is 0. The monoisotopic (exact) mass is 271 g/mol. The van der Waals surface area contributed by atoms with Crippen molar-refractivity contribution in [3.8, 4) is 0 Å². The van der Waals surface area contributed by atoms with Crippen molar-refractivity contribution in [1.29, 1.82) is 0 Å². The van der Waals surface area contributed by atoms with Gasteiger partial charge in [-0.15, -0.1) is 0 Å². The van der Waals surface area contributed by atoms with E-state index in [9.17, 15) is 0 Å². The molecule has 0 spiro atoms. The molecule has 1 atom stereocenters. The molecule has 1 fully saturated rings. The van der Waals surface area contributed by atoms with Crippen LogP contribution in [0.5, 0.6) is 0 Å². The molecule has 0 saturated carbocycles. The summed E-state index contributed by atoms with van der Waals surface area (Å²) >= 11 is 0. The quantitative estimate of drug-likeness (QED) is 0.719. The molecule has 20 heavy (non-hydrogen) atoms. The van der Waals surface area contributed by atoms with Gasteiger partial charge >= 0.3 is 0 Å². The highest BCUT2D eigenvalue weighted by Crippen LogP contribution is 2.35. The fraction of sp³-hybridized carbons (Fsp3) is 0.474. The summed E-state index contributed by atoms with van der Waals surface area (Å²) in [6.07, 6.45) is 8.45. The van der Waals surface area contributed by atoms with Gasteiger partial charge in [-0.2, -0.15) is 0 Å². The van der Waals surface area contributed by atoms with Crippen molar-refractivity contribution in [2.75, 3.05) is 6.54 Å². The highest BCUT2D eigenvalue weighted by atomic mass is 14.9. The van der Waals surface area contributed by atoms with Crippen LogP contribution in [0.3, 0.4) is 0 Å². The van der Waals surface area contributed by atoms with Crippen LogP contribution in [0.4, 0.5) is 0 Å². The van der Waals surface area contributed by atoms with Crippen LogP contribution >= 0.6 is 0 Å². The van der Waals surface area contributed by atoms with Gasteiger partial charge in [-0.25, -0.2) is 0 Å². The lowest BCUT2D eigenvalue weighted by atomic mass is 9.84. The summed E-state index contributed by atoms with van der Waals surface area (Å²) in [6.45, 7) is 9.10. The zero-order valence-electron chi connectivity index (χ0n) is 13.4. The Bertz CT molecular complexity index is 428. The largest absolute Gasteiger partial charge is 0.306 e. The third kappa shape index (κ3) is 4.08. The van der Waals surface area contributed by atoms with Gasteiger partial charge < -0.3 is 5.32 Å². The molecule has 3 rings (SSSR count). The zero-order valence-corrected chi connectivity index (χ0v) is 13.4. The van der Waals surface area contributed by atoms with E-state index in [1.807, 2.05) is 27.7 Å². The highest BCUT2D eigenvalue weighted by Gasteiger charge is 2.24. The molecule has 1 nitrogen and oxygen atoms in total. The van der Waals surface area contributed by atoms with Crippen LogP contribution in [-0.4, -0.2) is 6.54 Å². The molecule has 1 aromatic carbocycles. The van der Waals surface area contributed by atoms with E-state index >= 15 is 0 Å². The second-order valence-corrected chi connectivity index (χ2v) is 4.51. The maximum absolute atomic E-state index is 3.63. The zero-order chi connectivity index (χ0) is 14.8. The molecule has 1 heteroatoms. The number of nitrogens with one attached hydrogen (secondary N) is 1. The Morgan fingerprint density at radius 1 is 0.900 bits per heavy atom. The van der Waals surface area contributed by atoms with Crippen molar-refractivity contribution in [3.05, 3.63) is 59.2 Å². The Morgan fingerprint density at radius 3 is 2.25 bits per heavy atom.